The minimum absolute atomic E-state index is 0.118. The highest BCUT2D eigenvalue weighted by Gasteiger charge is 2.29. The molecular weight excluding hydrogens is 473 g/mol. The SMILES string of the molecule is Cc1ccnc(CN2CCC(N(C)c3cc(F)c(S(=O)(=O)Nc4cscn4)cc3Cl)C2)c1. The standard InChI is InChI=1S/C21H23ClFN5O2S2/c1-14-3-5-24-15(7-14)10-28-6-4-16(11-28)27(2)19-9-18(23)20(8-17(19)22)32(29,30)26-21-12-31-13-25-21/h3,5,7-9,12-13,16,26H,4,6,10-11H2,1-2H3. The zero-order valence-corrected chi connectivity index (χ0v) is 20.0. The average molecular weight is 496 g/mol. The first kappa shape index (κ1) is 22.9. The first-order chi connectivity index (χ1) is 15.2. The molecule has 0 spiro atoms. The number of likely N-dealkylation sites (tertiary alicyclic amines) is 1. The van der Waals surface area contributed by atoms with Crippen LogP contribution in [0.25, 0.3) is 0 Å². The molecule has 1 atom stereocenters. The number of pyridine rings is 1. The molecule has 1 unspecified atom stereocenters. The van der Waals surface area contributed by atoms with Crippen LogP contribution in [0.5, 0.6) is 0 Å². The molecule has 1 aliphatic heterocycles. The molecule has 1 fully saturated rings. The molecule has 32 heavy (non-hydrogen) atoms. The summed E-state index contributed by atoms with van der Waals surface area (Å²) in [6, 6.07) is 6.50. The number of halogens is 2. The third-order valence-corrected chi connectivity index (χ3v) is 7.75. The predicted molar refractivity (Wildman–Crippen MR) is 125 cm³/mol. The van der Waals surface area contributed by atoms with E-state index in [1.165, 1.54) is 33.9 Å². The van der Waals surface area contributed by atoms with E-state index in [9.17, 15) is 12.8 Å². The van der Waals surface area contributed by atoms with Gasteiger partial charge in [-0.15, -0.1) is 11.3 Å². The Bertz CT molecular complexity index is 1210. The van der Waals surface area contributed by atoms with Gasteiger partial charge in [0, 0.05) is 50.4 Å². The summed E-state index contributed by atoms with van der Waals surface area (Å²) in [6.07, 6.45) is 2.69. The second kappa shape index (κ2) is 9.30. The molecule has 170 valence electrons. The molecule has 7 nitrogen and oxygen atoms in total. The number of sulfonamides is 1. The molecule has 1 saturated heterocycles. The van der Waals surface area contributed by atoms with Crippen LogP contribution in [0.2, 0.25) is 5.02 Å². The van der Waals surface area contributed by atoms with E-state index in [0.29, 0.717) is 5.69 Å². The van der Waals surface area contributed by atoms with Gasteiger partial charge in [0.05, 0.1) is 21.9 Å². The van der Waals surface area contributed by atoms with Crippen molar-refractivity contribution in [3.05, 3.63) is 63.5 Å². The summed E-state index contributed by atoms with van der Waals surface area (Å²) in [6.45, 7) is 4.44. The maximum absolute atomic E-state index is 14.9. The van der Waals surface area contributed by atoms with Gasteiger partial charge in [0.1, 0.15) is 10.7 Å². The largest absolute Gasteiger partial charge is 0.369 e. The summed E-state index contributed by atoms with van der Waals surface area (Å²) in [7, 11) is -2.30. The summed E-state index contributed by atoms with van der Waals surface area (Å²) in [4.78, 5) is 12.0. The van der Waals surface area contributed by atoms with Crippen LogP contribution in [0.1, 0.15) is 17.7 Å². The van der Waals surface area contributed by atoms with Gasteiger partial charge in [-0.05, 0) is 37.1 Å². The van der Waals surface area contributed by atoms with Gasteiger partial charge in [-0.25, -0.2) is 17.8 Å². The van der Waals surface area contributed by atoms with Crippen molar-refractivity contribution in [1.82, 2.24) is 14.9 Å². The molecule has 2 aromatic heterocycles. The minimum Gasteiger partial charge on any atom is -0.369 e. The van der Waals surface area contributed by atoms with E-state index in [2.05, 4.69) is 25.7 Å². The van der Waals surface area contributed by atoms with Crippen molar-refractivity contribution in [3.63, 3.8) is 0 Å². The number of aryl methyl sites for hydroxylation is 1. The molecule has 1 N–H and O–H groups in total. The summed E-state index contributed by atoms with van der Waals surface area (Å²) < 4.78 is 42.3. The molecule has 0 radical (unpaired) electrons. The number of thiazole rings is 1. The second-order valence-electron chi connectivity index (χ2n) is 7.83. The number of benzene rings is 1. The number of aromatic nitrogens is 2. The maximum Gasteiger partial charge on any atom is 0.266 e. The lowest BCUT2D eigenvalue weighted by Gasteiger charge is -2.28. The van der Waals surface area contributed by atoms with Crippen LogP contribution in [0, 0.1) is 12.7 Å². The van der Waals surface area contributed by atoms with Crippen LogP contribution in [0.4, 0.5) is 15.9 Å². The van der Waals surface area contributed by atoms with Crippen molar-refractivity contribution >= 4 is 44.5 Å². The van der Waals surface area contributed by atoms with E-state index in [1.54, 1.807) is 0 Å². The fourth-order valence-electron chi connectivity index (χ4n) is 3.83. The number of rotatable bonds is 7. The lowest BCUT2D eigenvalue weighted by atomic mass is 10.2. The van der Waals surface area contributed by atoms with Crippen LogP contribution in [-0.2, 0) is 16.6 Å². The molecule has 0 aliphatic carbocycles. The summed E-state index contributed by atoms with van der Waals surface area (Å²) in [5, 5.41) is 1.70. The minimum atomic E-state index is -4.14. The van der Waals surface area contributed by atoms with Crippen molar-refractivity contribution in [2.24, 2.45) is 0 Å². The molecule has 0 bridgehead atoms. The van der Waals surface area contributed by atoms with Gasteiger partial charge in [0.2, 0.25) is 0 Å². The summed E-state index contributed by atoms with van der Waals surface area (Å²) >= 11 is 7.64. The Morgan fingerprint density at radius 1 is 1.34 bits per heavy atom. The van der Waals surface area contributed by atoms with E-state index in [4.69, 9.17) is 11.6 Å². The van der Waals surface area contributed by atoms with Crippen LogP contribution < -0.4 is 9.62 Å². The van der Waals surface area contributed by atoms with Crippen LogP contribution >= 0.6 is 22.9 Å². The second-order valence-corrected chi connectivity index (χ2v) is 10.6. The number of likely N-dealkylation sites (N-methyl/N-ethyl adjacent to an activating group) is 1. The van der Waals surface area contributed by atoms with E-state index in [0.717, 1.165) is 37.8 Å². The lowest BCUT2D eigenvalue weighted by Crippen LogP contribution is -2.34. The van der Waals surface area contributed by atoms with Gasteiger partial charge < -0.3 is 4.90 Å². The molecule has 1 aliphatic rings. The molecular formula is C21H23ClFN5O2S2. The van der Waals surface area contributed by atoms with Crippen molar-refractivity contribution < 1.29 is 12.8 Å². The van der Waals surface area contributed by atoms with E-state index in [1.807, 2.05) is 31.1 Å². The zero-order chi connectivity index (χ0) is 22.9. The summed E-state index contributed by atoms with van der Waals surface area (Å²) in [5.74, 6) is -0.723. The third-order valence-electron chi connectivity index (χ3n) is 5.49. The molecule has 3 aromatic rings. The Labute approximate surface area is 195 Å². The molecule has 1 aromatic carbocycles. The molecule has 0 saturated carbocycles. The van der Waals surface area contributed by atoms with Crippen LogP contribution in [-0.4, -0.2) is 49.5 Å². The van der Waals surface area contributed by atoms with E-state index in [-0.39, 0.29) is 16.9 Å². The molecule has 11 heteroatoms. The number of anilines is 2. The maximum atomic E-state index is 14.9. The van der Waals surface area contributed by atoms with Crippen molar-refractivity contribution in [3.8, 4) is 0 Å². The average Bonchev–Trinajstić information content (AvgIpc) is 3.40. The number of hydrogen-bond donors (Lipinski definition) is 1. The van der Waals surface area contributed by atoms with Crippen LogP contribution in [0.3, 0.4) is 0 Å². The lowest BCUT2D eigenvalue weighted by molar-refractivity contribution is 0.322. The highest BCUT2D eigenvalue weighted by atomic mass is 35.5. The molecule has 4 rings (SSSR count). The van der Waals surface area contributed by atoms with Crippen molar-refractivity contribution in [1.29, 1.82) is 0 Å². The molecule has 3 heterocycles. The zero-order valence-electron chi connectivity index (χ0n) is 17.6. The van der Waals surface area contributed by atoms with Gasteiger partial charge in [0.25, 0.3) is 10.0 Å². The van der Waals surface area contributed by atoms with E-state index < -0.39 is 20.7 Å². The van der Waals surface area contributed by atoms with Gasteiger partial charge in [-0.3, -0.25) is 14.6 Å². The highest BCUT2D eigenvalue weighted by Crippen LogP contribution is 2.33. The van der Waals surface area contributed by atoms with Crippen molar-refractivity contribution in [2.45, 2.75) is 30.8 Å². The smallest absolute Gasteiger partial charge is 0.266 e. The summed E-state index contributed by atoms with van der Waals surface area (Å²) in [5.41, 5.74) is 4.13. The monoisotopic (exact) mass is 495 g/mol. The Hall–Kier alpha value is -2.27. The van der Waals surface area contributed by atoms with Gasteiger partial charge in [-0.1, -0.05) is 11.6 Å². The quantitative estimate of drug-likeness (QED) is 0.530. The highest BCUT2D eigenvalue weighted by molar-refractivity contribution is 7.92. The van der Waals surface area contributed by atoms with Gasteiger partial charge >= 0.3 is 0 Å². The van der Waals surface area contributed by atoms with Gasteiger partial charge in [-0.2, -0.15) is 0 Å². The van der Waals surface area contributed by atoms with Crippen LogP contribution in [0.15, 0.2) is 46.2 Å². The van der Waals surface area contributed by atoms with Gasteiger partial charge in [0.15, 0.2) is 5.82 Å². The fourth-order valence-corrected chi connectivity index (χ4v) is 5.84. The Morgan fingerprint density at radius 2 is 2.16 bits per heavy atom. The normalized spacial score (nSPS) is 16.9. The Balaban J connectivity index is 1.48. The first-order valence-corrected chi connectivity index (χ1v) is 12.8. The number of nitrogens with one attached hydrogen (secondary N) is 1. The third kappa shape index (κ3) is 5.03. The van der Waals surface area contributed by atoms with Crippen molar-refractivity contribution in [2.75, 3.05) is 29.8 Å². The predicted octanol–water partition coefficient (Wildman–Crippen LogP) is 4.15. The first-order valence-electron chi connectivity index (χ1n) is 10.00. The Morgan fingerprint density at radius 3 is 2.88 bits per heavy atom. The number of hydrogen-bond acceptors (Lipinski definition) is 7. The molecule has 0 amide bonds. The topological polar surface area (TPSA) is 78.4 Å². The fraction of sp³-hybridized carbons (Fsp3) is 0.333. The van der Waals surface area contributed by atoms with E-state index >= 15 is 0 Å². The Kier molecular flexibility index (Phi) is 6.66. The number of nitrogens with zero attached hydrogens (tertiary/aromatic N) is 4.